The Labute approximate surface area is 206 Å². The van der Waals surface area contributed by atoms with E-state index in [-0.39, 0.29) is 12.2 Å². The van der Waals surface area contributed by atoms with Gasteiger partial charge in [-0.3, -0.25) is 4.79 Å². The maximum absolute atomic E-state index is 13.8. The largest absolute Gasteiger partial charge is 0.457 e. The minimum Gasteiger partial charge on any atom is -0.457 e. The molecule has 0 aliphatic heterocycles. The van der Waals surface area contributed by atoms with Gasteiger partial charge >= 0.3 is 6.18 Å². The third-order valence-corrected chi connectivity index (χ3v) is 5.92. The maximum atomic E-state index is 13.8. The number of nitrogens with zero attached hydrogens (tertiary/aromatic N) is 2. The Bertz CT molecular complexity index is 1530. The van der Waals surface area contributed by atoms with Crippen LogP contribution in [0.4, 0.5) is 13.2 Å². The average Bonchev–Trinajstić information content (AvgIpc) is 2.81. The standard InChI is InChI=1S/C29H23F3N2O2/c1-18-5-4-6-24(14-18)36-23-11-9-21(10-12-23)27-15-26(29(30,31)32)25(16-33)28(35)34(27)17-22-8-7-19(2)13-20(22)3/h4-15H,17H2,1-3H3. The Morgan fingerprint density at radius 1 is 0.889 bits per heavy atom. The molecule has 36 heavy (non-hydrogen) atoms. The van der Waals surface area contributed by atoms with Crippen molar-refractivity contribution in [2.45, 2.75) is 33.5 Å². The van der Waals surface area contributed by atoms with Crippen molar-refractivity contribution in [1.29, 1.82) is 5.26 Å². The van der Waals surface area contributed by atoms with Crippen LogP contribution in [0.25, 0.3) is 11.3 Å². The van der Waals surface area contributed by atoms with Gasteiger partial charge in [0.15, 0.2) is 0 Å². The van der Waals surface area contributed by atoms with Crippen LogP contribution < -0.4 is 10.3 Å². The Hall–Kier alpha value is -4.31. The molecule has 0 N–H and O–H groups in total. The highest BCUT2D eigenvalue weighted by Gasteiger charge is 2.36. The van der Waals surface area contributed by atoms with E-state index in [0.29, 0.717) is 17.1 Å². The number of rotatable bonds is 5. The van der Waals surface area contributed by atoms with Gasteiger partial charge in [-0.2, -0.15) is 18.4 Å². The van der Waals surface area contributed by atoms with Crippen molar-refractivity contribution in [3.63, 3.8) is 0 Å². The number of ether oxygens (including phenoxy) is 1. The van der Waals surface area contributed by atoms with Crippen LogP contribution in [0.1, 0.15) is 33.4 Å². The summed E-state index contributed by atoms with van der Waals surface area (Å²) in [6.07, 6.45) is -4.86. The number of nitriles is 1. The molecule has 4 rings (SSSR count). The van der Waals surface area contributed by atoms with E-state index >= 15 is 0 Å². The third kappa shape index (κ3) is 5.18. The molecule has 0 unspecified atom stereocenters. The van der Waals surface area contributed by atoms with Crippen LogP contribution in [0.15, 0.2) is 77.6 Å². The van der Waals surface area contributed by atoms with Crippen molar-refractivity contribution in [2.24, 2.45) is 0 Å². The third-order valence-electron chi connectivity index (χ3n) is 5.92. The molecule has 0 fully saturated rings. The van der Waals surface area contributed by atoms with E-state index in [4.69, 9.17) is 4.74 Å². The Morgan fingerprint density at radius 2 is 1.58 bits per heavy atom. The van der Waals surface area contributed by atoms with Crippen molar-refractivity contribution in [1.82, 2.24) is 4.57 Å². The monoisotopic (exact) mass is 488 g/mol. The van der Waals surface area contributed by atoms with Gasteiger partial charge in [0.2, 0.25) is 0 Å². The van der Waals surface area contributed by atoms with E-state index in [1.807, 2.05) is 57.2 Å². The fourth-order valence-electron chi connectivity index (χ4n) is 4.08. The van der Waals surface area contributed by atoms with Crippen LogP contribution in [0.3, 0.4) is 0 Å². The van der Waals surface area contributed by atoms with Crippen molar-refractivity contribution in [3.05, 3.63) is 117 Å². The average molecular weight is 489 g/mol. The van der Waals surface area contributed by atoms with Gasteiger partial charge in [0, 0.05) is 0 Å². The van der Waals surface area contributed by atoms with Crippen LogP contribution >= 0.6 is 0 Å². The zero-order valence-corrected chi connectivity index (χ0v) is 20.0. The van der Waals surface area contributed by atoms with Crippen LogP contribution in [0.2, 0.25) is 0 Å². The summed E-state index contributed by atoms with van der Waals surface area (Å²) in [5.74, 6) is 1.13. The SMILES string of the molecule is Cc1cccc(Oc2ccc(-c3cc(C(F)(F)F)c(C#N)c(=O)n3Cc3ccc(C)cc3C)cc2)c1. The summed E-state index contributed by atoms with van der Waals surface area (Å²) in [5.41, 5.74) is 1.02. The number of hydrogen-bond acceptors (Lipinski definition) is 3. The van der Waals surface area contributed by atoms with Gasteiger partial charge < -0.3 is 9.30 Å². The van der Waals surface area contributed by atoms with E-state index < -0.39 is 22.9 Å². The number of alkyl halides is 3. The van der Waals surface area contributed by atoms with E-state index in [1.54, 1.807) is 30.3 Å². The summed E-state index contributed by atoms with van der Waals surface area (Å²) < 4.78 is 48.5. The summed E-state index contributed by atoms with van der Waals surface area (Å²) in [4.78, 5) is 13.2. The second kappa shape index (κ2) is 9.74. The minimum atomic E-state index is -4.86. The summed E-state index contributed by atoms with van der Waals surface area (Å²) >= 11 is 0. The fraction of sp³-hybridized carbons (Fsp3) is 0.172. The number of pyridine rings is 1. The summed E-state index contributed by atoms with van der Waals surface area (Å²) in [6.45, 7) is 5.77. The van der Waals surface area contributed by atoms with E-state index in [0.717, 1.165) is 28.3 Å². The first-order valence-corrected chi connectivity index (χ1v) is 11.2. The predicted octanol–water partition coefficient (Wildman–Crippen LogP) is 7.17. The number of benzene rings is 3. The van der Waals surface area contributed by atoms with E-state index in [9.17, 15) is 23.2 Å². The molecule has 0 aliphatic rings. The van der Waals surface area contributed by atoms with Crippen LogP contribution in [-0.2, 0) is 12.7 Å². The lowest BCUT2D eigenvalue weighted by Crippen LogP contribution is -2.29. The van der Waals surface area contributed by atoms with Crippen molar-refractivity contribution in [3.8, 4) is 28.8 Å². The second-order valence-corrected chi connectivity index (χ2v) is 8.69. The number of aryl methyl sites for hydroxylation is 3. The number of aromatic nitrogens is 1. The van der Waals surface area contributed by atoms with Gasteiger partial charge in [-0.05, 0) is 85.5 Å². The fourth-order valence-corrected chi connectivity index (χ4v) is 4.08. The maximum Gasteiger partial charge on any atom is 0.417 e. The van der Waals surface area contributed by atoms with Gasteiger partial charge in [-0.1, -0.05) is 35.9 Å². The van der Waals surface area contributed by atoms with Crippen LogP contribution in [-0.4, -0.2) is 4.57 Å². The molecule has 1 heterocycles. The molecule has 0 aliphatic carbocycles. The van der Waals surface area contributed by atoms with Crippen LogP contribution in [0.5, 0.6) is 11.5 Å². The number of halogens is 3. The summed E-state index contributed by atoms with van der Waals surface area (Å²) in [7, 11) is 0. The van der Waals surface area contributed by atoms with Crippen molar-refractivity contribution < 1.29 is 17.9 Å². The highest BCUT2D eigenvalue weighted by atomic mass is 19.4. The molecule has 0 radical (unpaired) electrons. The highest BCUT2D eigenvalue weighted by Crippen LogP contribution is 2.34. The molecule has 4 aromatic rings. The van der Waals surface area contributed by atoms with E-state index in [1.165, 1.54) is 10.6 Å². The quantitative estimate of drug-likeness (QED) is 0.299. The molecule has 0 saturated heterocycles. The molecule has 7 heteroatoms. The lowest BCUT2D eigenvalue weighted by atomic mass is 10.0. The second-order valence-electron chi connectivity index (χ2n) is 8.69. The van der Waals surface area contributed by atoms with Gasteiger partial charge in [0.05, 0.1) is 17.8 Å². The van der Waals surface area contributed by atoms with Crippen molar-refractivity contribution in [2.75, 3.05) is 0 Å². The minimum absolute atomic E-state index is 0.0225. The normalized spacial score (nSPS) is 11.2. The van der Waals surface area contributed by atoms with Crippen LogP contribution in [0, 0.1) is 32.1 Å². The number of hydrogen-bond donors (Lipinski definition) is 0. The molecule has 182 valence electrons. The molecule has 0 amide bonds. The topological polar surface area (TPSA) is 55.0 Å². The summed E-state index contributed by atoms with van der Waals surface area (Å²) in [6, 6.07) is 21.9. The van der Waals surface area contributed by atoms with Gasteiger partial charge in [-0.25, -0.2) is 0 Å². The molecule has 4 nitrogen and oxygen atoms in total. The molecular formula is C29H23F3N2O2. The molecule has 3 aromatic carbocycles. The van der Waals surface area contributed by atoms with Gasteiger partial charge in [-0.15, -0.1) is 0 Å². The molecular weight excluding hydrogens is 465 g/mol. The zero-order chi connectivity index (χ0) is 26.0. The Balaban J connectivity index is 1.83. The molecule has 0 saturated carbocycles. The van der Waals surface area contributed by atoms with Gasteiger partial charge in [0.1, 0.15) is 23.1 Å². The van der Waals surface area contributed by atoms with Crippen molar-refractivity contribution >= 4 is 0 Å². The lowest BCUT2D eigenvalue weighted by Gasteiger charge is -2.19. The van der Waals surface area contributed by atoms with E-state index in [2.05, 4.69) is 0 Å². The molecule has 1 aromatic heterocycles. The molecule has 0 atom stereocenters. The first kappa shape index (κ1) is 24.8. The first-order chi connectivity index (χ1) is 17.1. The smallest absolute Gasteiger partial charge is 0.417 e. The zero-order valence-electron chi connectivity index (χ0n) is 20.0. The predicted molar refractivity (Wildman–Crippen MR) is 132 cm³/mol. The lowest BCUT2D eigenvalue weighted by molar-refractivity contribution is -0.137. The molecule has 0 bridgehead atoms. The Kier molecular flexibility index (Phi) is 6.71. The summed E-state index contributed by atoms with van der Waals surface area (Å²) in [5, 5.41) is 9.42. The first-order valence-electron chi connectivity index (χ1n) is 11.2. The Morgan fingerprint density at radius 3 is 2.19 bits per heavy atom. The highest BCUT2D eigenvalue weighted by molar-refractivity contribution is 5.64. The molecule has 0 spiro atoms. The van der Waals surface area contributed by atoms with Gasteiger partial charge in [0.25, 0.3) is 5.56 Å².